The molecular formula is C23H20FNO5S2. The fraction of sp³-hybridized carbons (Fsp3) is 0.174. The normalized spacial score (nSPS) is 10.6. The molecule has 9 heteroatoms. The molecule has 0 fully saturated rings. The number of ether oxygens (including phenoxy) is 1. The number of hydrogen-bond acceptors (Lipinski definition) is 6. The molecule has 0 saturated heterocycles. The third kappa shape index (κ3) is 5.95. The zero-order valence-corrected chi connectivity index (χ0v) is 18.7. The number of halogens is 1. The third-order valence-electron chi connectivity index (χ3n) is 4.40. The first-order valence-electron chi connectivity index (χ1n) is 9.63. The van der Waals surface area contributed by atoms with Crippen molar-refractivity contribution in [2.24, 2.45) is 0 Å². The predicted molar refractivity (Wildman–Crippen MR) is 123 cm³/mol. The molecule has 1 heterocycles. The summed E-state index contributed by atoms with van der Waals surface area (Å²) in [6.07, 6.45) is 0.700. The standard InChI is InChI=1S/C23H20FNO5S2/c1-2-17-11-19(21(28)14-6-8-16(9-7-14)30-13-24)23(32-17)25-22(29)15-4-3-5-18(10-15)31-12-20(26)27/h3-11H,2,12-13H2,1H3,(H,25,29)(H,26,27). The SMILES string of the molecule is CCc1cc(C(=O)c2ccc(OCF)cc2)c(NC(=O)c2cccc(SCC(=O)O)c2)s1. The van der Waals surface area contributed by atoms with E-state index in [2.05, 4.69) is 5.32 Å². The largest absolute Gasteiger partial charge is 0.481 e. The molecule has 0 atom stereocenters. The Morgan fingerprint density at radius 2 is 1.84 bits per heavy atom. The molecule has 3 rings (SSSR count). The number of carbonyl (C=O) groups is 3. The van der Waals surface area contributed by atoms with Gasteiger partial charge in [-0.2, -0.15) is 0 Å². The molecule has 0 aliphatic heterocycles. The summed E-state index contributed by atoms with van der Waals surface area (Å²) in [4.78, 5) is 38.3. The van der Waals surface area contributed by atoms with Gasteiger partial charge < -0.3 is 15.2 Å². The van der Waals surface area contributed by atoms with Crippen molar-refractivity contribution >= 4 is 45.8 Å². The van der Waals surface area contributed by atoms with E-state index in [0.29, 0.717) is 38.8 Å². The van der Waals surface area contributed by atoms with Gasteiger partial charge in [0.1, 0.15) is 10.8 Å². The lowest BCUT2D eigenvalue weighted by Gasteiger charge is -2.08. The molecule has 2 aromatic carbocycles. The monoisotopic (exact) mass is 473 g/mol. The van der Waals surface area contributed by atoms with Crippen molar-refractivity contribution < 1.29 is 28.6 Å². The number of carboxylic acid groups (broad SMARTS) is 1. The maximum Gasteiger partial charge on any atom is 0.313 e. The highest BCUT2D eigenvalue weighted by Crippen LogP contribution is 2.31. The van der Waals surface area contributed by atoms with Gasteiger partial charge in [-0.3, -0.25) is 14.4 Å². The Morgan fingerprint density at radius 1 is 1.09 bits per heavy atom. The molecule has 0 unspecified atom stereocenters. The smallest absolute Gasteiger partial charge is 0.313 e. The molecule has 0 radical (unpaired) electrons. The summed E-state index contributed by atoms with van der Waals surface area (Å²) in [6.45, 7) is 1.00. The Kier molecular flexibility index (Phi) is 8.02. The Bertz CT molecular complexity index is 1130. The topological polar surface area (TPSA) is 92.7 Å². The summed E-state index contributed by atoms with van der Waals surface area (Å²) in [5.41, 5.74) is 1.12. The van der Waals surface area contributed by atoms with Gasteiger partial charge in [-0.05, 0) is 55.0 Å². The van der Waals surface area contributed by atoms with Crippen LogP contribution in [0.1, 0.15) is 38.1 Å². The van der Waals surface area contributed by atoms with Crippen molar-refractivity contribution in [1.82, 2.24) is 0 Å². The second-order valence-electron chi connectivity index (χ2n) is 6.58. The van der Waals surface area contributed by atoms with E-state index in [4.69, 9.17) is 9.84 Å². The van der Waals surface area contributed by atoms with Crippen LogP contribution in [-0.2, 0) is 11.2 Å². The number of alkyl halides is 1. The maximum atomic E-state index is 13.1. The lowest BCUT2D eigenvalue weighted by molar-refractivity contribution is -0.133. The molecule has 0 saturated carbocycles. The lowest BCUT2D eigenvalue weighted by atomic mass is 10.0. The number of nitrogens with one attached hydrogen (secondary N) is 1. The average molecular weight is 474 g/mol. The summed E-state index contributed by atoms with van der Waals surface area (Å²) >= 11 is 2.44. The van der Waals surface area contributed by atoms with Gasteiger partial charge in [0.25, 0.3) is 5.91 Å². The van der Waals surface area contributed by atoms with E-state index >= 15 is 0 Å². The number of aryl methyl sites for hydroxylation is 1. The van der Waals surface area contributed by atoms with Crippen molar-refractivity contribution in [3.8, 4) is 5.75 Å². The summed E-state index contributed by atoms with van der Waals surface area (Å²) in [6, 6.07) is 14.5. The highest BCUT2D eigenvalue weighted by molar-refractivity contribution is 8.00. The quantitative estimate of drug-likeness (QED) is 0.308. The second kappa shape index (κ2) is 10.9. The summed E-state index contributed by atoms with van der Waals surface area (Å²) < 4.78 is 17.1. The summed E-state index contributed by atoms with van der Waals surface area (Å²) in [5, 5.41) is 12.1. The summed E-state index contributed by atoms with van der Waals surface area (Å²) in [5.74, 6) is -1.40. The number of carboxylic acids is 1. The molecule has 2 N–H and O–H groups in total. The maximum absolute atomic E-state index is 13.1. The Morgan fingerprint density at radius 3 is 2.50 bits per heavy atom. The van der Waals surface area contributed by atoms with E-state index in [-0.39, 0.29) is 11.5 Å². The Balaban J connectivity index is 1.82. The molecule has 6 nitrogen and oxygen atoms in total. The predicted octanol–water partition coefficient (Wildman–Crippen LogP) is 5.28. The highest BCUT2D eigenvalue weighted by atomic mass is 32.2. The fourth-order valence-electron chi connectivity index (χ4n) is 2.85. The molecule has 32 heavy (non-hydrogen) atoms. The van der Waals surface area contributed by atoms with Crippen LogP contribution in [0.5, 0.6) is 5.75 Å². The lowest BCUT2D eigenvalue weighted by Crippen LogP contribution is -2.13. The van der Waals surface area contributed by atoms with Gasteiger partial charge in [-0.15, -0.1) is 23.1 Å². The molecule has 0 aliphatic carbocycles. The second-order valence-corrected chi connectivity index (χ2v) is 8.77. The number of thiophene rings is 1. The van der Waals surface area contributed by atoms with Crippen LogP contribution in [-0.4, -0.2) is 35.4 Å². The minimum Gasteiger partial charge on any atom is -0.481 e. The van der Waals surface area contributed by atoms with Gasteiger partial charge in [0.15, 0.2) is 5.78 Å². The van der Waals surface area contributed by atoms with Crippen LogP contribution in [0, 0.1) is 0 Å². The van der Waals surface area contributed by atoms with E-state index in [1.54, 1.807) is 42.5 Å². The van der Waals surface area contributed by atoms with Crippen LogP contribution in [0.25, 0.3) is 0 Å². The van der Waals surface area contributed by atoms with Crippen molar-refractivity contribution in [3.05, 3.63) is 76.2 Å². The number of carbonyl (C=O) groups excluding carboxylic acids is 2. The number of benzene rings is 2. The van der Waals surface area contributed by atoms with Crippen LogP contribution in [0.2, 0.25) is 0 Å². The van der Waals surface area contributed by atoms with Gasteiger partial charge in [0.05, 0.1) is 11.3 Å². The van der Waals surface area contributed by atoms with Gasteiger partial charge in [0, 0.05) is 20.9 Å². The molecule has 0 spiro atoms. The molecule has 0 bridgehead atoms. The fourth-order valence-corrected chi connectivity index (χ4v) is 4.51. The van der Waals surface area contributed by atoms with E-state index in [1.807, 2.05) is 6.92 Å². The number of amides is 1. The van der Waals surface area contributed by atoms with Crippen LogP contribution in [0.15, 0.2) is 59.5 Å². The number of hydrogen-bond donors (Lipinski definition) is 2. The van der Waals surface area contributed by atoms with Gasteiger partial charge in [0.2, 0.25) is 6.86 Å². The van der Waals surface area contributed by atoms with Crippen LogP contribution < -0.4 is 10.1 Å². The summed E-state index contributed by atoms with van der Waals surface area (Å²) in [7, 11) is 0. The molecule has 3 aromatic rings. The molecular weight excluding hydrogens is 453 g/mol. The van der Waals surface area contributed by atoms with Crippen molar-refractivity contribution in [3.63, 3.8) is 0 Å². The first-order valence-corrected chi connectivity index (χ1v) is 11.4. The first-order chi connectivity index (χ1) is 15.4. The van der Waals surface area contributed by atoms with Crippen molar-refractivity contribution in [1.29, 1.82) is 0 Å². The van der Waals surface area contributed by atoms with E-state index < -0.39 is 18.7 Å². The number of anilines is 1. The van der Waals surface area contributed by atoms with E-state index in [0.717, 1.165) is 16.6 Å². The van der Waals surface area contributed by atoms with Gasteiger partial charge in [-0.25, -0.2) is 4.39 Å². The zero-order chi connectivity index (χ0) is 23.1. The van der Waals surface area contributed by atoms with E-state index in [9.17, 15) is 18.8 Å². The van der Waals surface area contributed by atoms with Crippen LogP contribution in [0.3, 0.4) is 0 Å². The van der Waals surface area contributed by atoms with Crippen molar-refractivity contribution in [2.75, 3.05) is 17.9 Å². The number of aliphatic carboxylic acids is 1. The minimum absolute atomic E-state index is 0.107. The first kappa shape index (κ1) is 23.5. The molecule has 166 valence electrons. The zero-order valence-electron chi connectivity index (χ0n) is 17.1. The Labute approximate surface area is 192 Å². The van der Waals surface area contributed by atoms with Crippen LogP contribution >= 0.6 is 23.1 Å². The average Bonchev–Trinajstić information content (AvgIpc) is 3.21. The van der Waals surface area contributed by atoms with Crippen molar-refractivity contribution in [2.45, 2.75) is 18.2 Å². The third-order valence-corrected chi connectivity index (χ3v) is 6.57. The Hall–Kier alpha value is -3.17. The van der Waals surface area contributed by atoms with Crippen LogP contribution in [0.4, 0.5) is 9.39 Å². The number of rotatable bonds is 10. The van der Waals surface area contributed by atoms with Gasteiger partial charge in [-0.1, -0.05) is 13.0 Å². The van der Waals surface area contributed by atoms with Gasteiger partial charge >= 0.3 is 5.97 Å². The number of thioether (sulfide) groups is 1. The molecule has 1 amide bonds. The van der Waals surface area contributed by atoms with E-state index in [1.165, 1.54) is 23.5 Å². The molecule has 1 aromatic heterocycles. The highest BCUT2D eigenvalue weighted by Gasteiger charge is 2.20. The molecule has 0 aliphatic rings. The number of ketones is 1. The minimum atomic E-state index is -0.954.